The van der Waals surface area contributed by atoms with E-state index in [1.807, 2.05) is 37.3 Å². The van der Waals surface area contributed by atoms with Crippen LogP contribution in [0, 0.1) is 0 Å². The minimum absolute atomic E-state index is 0.139. The summed E-state index contributed by atoms with van der Waals surface area (Å²) in [5.41, 5.74) is 0.991. The summed E-state index contributed by atoms with van der Waals surface area (Å²) in [6, 6.07) is 9.83. The van der Waals surface area contributed by atoms with Crippen LogP contribution in [-0.4, -0.2) is 19.9 Å². The summed E-state index contributed by atoms with van der Waals surface area (Å²) < 4.78 is 22.2. The van der Waals surface area contributed by atoms with Crippen molar-refractivity contribution in [1.29, 1.82) is 0 Å². The van der Waals surface area contributed by atoms with Crippen molar-refractivity contribution in [2.45, 2.75) is 12.3 Å². The fraction of sp³-hybridized carbons (Fsp3) is 0.400. The summed E-state index contributed by atoms with van der Waals surface area (Å²) in [6.07, 6.45) is 0. The summed E-state index contributed by atoms with van der Waals surface area (Å²) in [5.74, 6) is 0.591. The summed E-state index contributed by atoms with van der Waals surface area (Å²) in [6.45, 7) is 2.00. The van der Waals surface area contributed by atoms with Gasteiger partial charge >= 0.3 is 0 Å². The average Bonchev–Trinajstić information content (AvgIpc) is 2.02. The summed E-state index contributed by atoms with van der Waals surface area (Å²) in [5, 5.41) is 0. The lowest BCUT2D eigenvalue weighted by atomic mass is 9.86. The maximum absolute atomic E-state index is 11.1. The van der Waals surface area contributed by atoms with Crippen LogP contribution >= 0.6 is 0 Å². The number of hydrogen-bond acceptors (Lipinski definition) is 2. The quantitative estimate of drug-likeness (QED) is 0.680. The molecule has 1 aromatic carbocycles. The Morgan fingerprint density at radius 3 is 2.15 bits per heavy atom. The molecular weight excluding hydrogens is 184 g/mol. The lowest BCUT2D eigenvalue weighted by Gasteiger charge is -2.38. The molecule has 1 heterocycles. The van der Waals surface area contributed by atoms with Crippen molar-refractivity contribution in [2.24, 2.45) is 0 Å². The molecule has 1 aliphatic heterocycles. The van der Waals surface area contributed by atoms with Gasteiger partial charge in [-0.1, -0.05) is 37.3 Å². The van der Waals surface area contributed by atoms with E-state index >= 15 is 0 Å². The Kier molecular flexibility index (Phi) is 1.74. The van der Waals surface area contributed by atoms with Crippen LogP contribution in [0.3, 0.4) is 0 Å². The van der Waals surface area contributed by atoms with Crippen LogP contribution in [0.25, 0.3) is 0 Å². The van der Waals surface area contributed by atoms with Crippen molar-refractivity contribution in [2.75, 3.05) is 11.5 Å². The predicted molar refractivity (Wildman–Crippen MR) is 52.4 cm³/mol. The Balaban J connectivity index is 2.30. The molecule has 0 unspecified atom stereocenters. The molecule has 0 saturated carbocycles. The van der Waals surface area contributed by atoms with Gasteiger partial charge in [-0.05, 0) is 5.56 Å². The van der Waals surface area contributed by atoms with E-state index in [1.165, 1.54) is 0 Å². The third-order valence-electron chi connectivity index (χ3n) is 2.55. The van der Waals surface area contributed by atoms with E-state index in [4.69, 9.17) is 0 Å². The molecule has 0 N–H and O–H groups in total. The first-order chi connectivity index (χ1) is 6.02. The maximum Gasteiger partial charge on any atom is 0.152 e. The second-order valence-corrected chi connectivity index (χ2v) is 6.02. The van der Waals surface area contributed by atoms with Gasteiger partial charge in [-0.3, -0.25) is 0 Å². The van der Waals surface area contributed by atoms with Gasteiger partial charge in [-0.25, -0.2) is 8.42 Å². The fourth-order valence-electron chi connectivity index (χ4n) is 1.94. The van der Waals surface area contributed by atoms with Gasteiger partial charge in [0.25, 0.3) is 0 Å². The molecule has 2 nitrogen and oxygen atoms in total. The van der Waals surface area contributed by atoms with Gasteiger partial charge in [-0.15, -0.1) is 0 Å². The van der Waals surface area contributed by atoms with E-state index in [0.717, 1.165) is 5.56 Å². The second kappa shape index (κ2) is 2.58. The van der Waals surface area contributed by atoms with Crippen molar-refractivity contribution >= 4 is 9.84 Å². The molecule has 0 radical (unpaired) electrons. The van der Waals surface area contributed by atoms with E-state index in [-0.39, 0.29) is 5.41 Å². The van der Waals surface area contributed by atoms with Gasteiger partial charge in [0.1, 0.15) is 0 Å². The van der Waals surface area contributed by atoms with Crippen molar-refractivity contribution in [3.8, 4) is 0 Å². The molecule has 0 amide bonds. The molecule has 0 atom stereocenters. The third-order valence-corrected chi connectivity index (χ3v) is 4.70. The Hall–Kier alpha value is -0.830. The highest BCUT2D eigenvalue weighted by Crippen LogP contribution is 2.35. The molecular formula is C10H12O2S. The molecule has 1 fully saturated rings. The van der Waals surface area contributed by atoms with E-state index in [2.05, 4.69) is 0 Å². The highest BCUT2D eigenvalue weighted by atomic mass is 32.2. The maximum atomic E-state index is 11.1. The Morgan fingerprint density at radius 1 is 1.15 bits per heavy atom. The minimum Gasteiger partial charge on any atom is -0.229 e. The van der Waals surface area contributed by atoms with Crippen LogP contribution in [0.2, 0.25) is 0 Å². The van der Waals surface area contributed by atoms with Crippen LogP contribution in [0.1, 0.15) is 12.5 Å². The van der Waals surface area contributed by atoms with Gasteiger partial charge in [0.2, 0.25) is 0 Å². The lowest BCUT2D eigenvalue weighted by molar-refractivity contribution is 0.491. The third kappa shape index (κ3) is 1.48. The highest BCUT2D eigenvalue weighted by molar-refractivity contribution is 7.93. The molecule has 3 heteroatoms. The molecule has 2 rings (SSSR count). The number of sulfone groups is 1. The van der Waals surface area contributed by atoms with E-state index in [9.17, 15) is 8.42 Å². The van der Waals surface area contributed by atoms with Gasteiger partial charge in [0.15, 0.2) is 9.84 Å². The van der Waals surface area contributed by atoms with E-state index in [1.54, 1.807) is 0 Å². The number of benzene rings is 1. The molecule has 70 valence electrons. The topological polar surface area (TPSA) is 34.1 Å². The SMILES string of the molecule is CC1(c2ccccc2)CS(=O)(=O)C1. The van der Waals surface area contributed by atoms with Crippen LogP contribution < -0.4 is 0 Å². The van der Waals surface area contributed by atoms with Gasteiger partial charge < -0.3 is 0 Å². The van der Waals surface area contributed by atoms with Crippen LogP contribution in [0.15, 0.2) is 30.3 Å². The highest BCUT2D eigenvalue weighted by Gasteiger charge is 2.45. The zero-order valence-electron chi connectivity index (χ0n) is 7.53. The molecule has 1 saturated heterocycles. The summed E-state index contributed by atoms with van der Waals surface area (Å²) in [7, 11) is -2.74. The van der Waals surface area contributed by atoms with Gasteiger partial charge in [0, 0.05) is 5.41 Å². The van der Waals surface area contributed by atoms with Crippen LogP contribution in [0.5, 0.6) is 0 Å². The minimum atomic E-state index is -2.74. The molecule has 0 aromatic heterocycles. The summed E-state index contributed by atoms with van der Waals surface area (Å²) >= 11 is 0. The molecule has 1 aromatic rings. The molecule has 1 aliphatic rings. The predicted octanol–water partition coefficient (Wildman–Crippen LogP) is 1.37. The van der Waals surface area contributed by atoms with Crippen LogP contribution in [-0.2, 0) is 15.3 Å². The van der Waals surface area contributed by atoms with Crippen LogP contribution in [0.4, 0.5) is 0 Å². The van der Waals surface area contributed by atoms with Crippen molar-refractivity contribution in [1.82, 2.24) is 0 Å². The monoisotopic (exact) mass is 196 g/mol. The smallest absolute Gasteiger partial charge is 0.152 e. The first kappa shape index (κ1) is 8.75. The zero-order chi connectivity index (χ0) is 9.53. The van der Waals surface area contributed by atoms with Crippen molar-refractivity contribution in [3.63, 3.8) is 0 Å². The fourth-order valence-corrected chi connectivity index (χ4v) is 4.13. The van der Waals surface area contributed by atoms with Gasteiger partial charge in [0.05, 0.1) is 11.5 Å². The first-order valence-electron chi connectivity index (χ1n) is 4.28. The normalized spacial score (nSPS) is 23.5. The lowest BCUT2D eigenvalue weighted by Crippen LogP contribution is -2.49. The summed E-state index contributed by atoms with van der Waals surface area (Å²) in [4.78, 5) is 0. The second-order valence-electron chi connectivity index (χ2n) is 3.96. The van der Waals surface area contributed by atoms with E-state index < -0.39 is 9.84 Å². The standard InChI is InChI=1S/C10H12O2S/c1-10(7-13(11,12)8-10)9-5-3-2-4-6-9/h2-6H,7-8H2,1H3. The molecule has 0 aliphatic carbocycles. The van der Waals surface area contributed by atoms with Crippen molar-refractivity contribution < 1.29 is 8.42 Å². The Morgan fingerprint density at radius 2 is 1.69 bits per heavy atom. The number of rotatable bonds is 1. The van der Waals surface area contributed by atoms with Gasteiger partial charge in [-0.2, -0.15) is 0 Å². The molecule has 0 bridgehead atoms. The molecule has 0 spiro atoms. The Bertz CT molecular complexity index is 394. The zero-order valence-corrected chi connectivity index (χ0v) is 8.34. The van der Waals surface area contributed by atoms with Crippen molar-refractivity contribution in [3.05, 3.63) is 35.9 Å². The largest absolute Gasteiger partial charge is 0.229 e. The van der Waals surface area contributed by atoms with E-state index in [0.29, 0.717) is 11.5 Å². The Labute approximate surface area is 78.5 Å². The average molecular weight is 196 g/mol. The first-order valence-corrected chi connectivity index (χ1v) is 6.10. The number of hydrogen-bond donors (Lipinski definition) is 0. The molecule has 13 heavy (non-hydrogen) atoms.